The van der Waals surface area contributed by atoms with Crippen molar-refractivity contribution in [1.82, 2.24) is 20.0 Å². The van der Waals surface area contributed by atoms with Crippen LogP contribution in [0.5, 0.6) is 0 Å². The van der Waals surface area contributed by atoms with Crippen molar-refractivity contribution in [3.05, 3.63) is 65.3 Å². The summed E-state index contributed by atoms with van der Waals surface area (Å²) in [5, 5.41) is 4.04. The largest absolute Gasteiger partial charge is 0.365 e. The molecule has 0 unspecified atom stereocenters. The topological polar surface area (TPSA) is 81.4 Å². The van der Waals surface area contributed by atoms with Crippen molar-refractivity contribution in [2.45, 2.75) is 38.2 Å². The minimum Gasteiger partial charge on any atom is -0.365 e. The van der Waals surface area contributed by atoms with Crippen molar-refractivity contribution in [3.63, 3.8) is 0 Å². The smallest absolute Gasteiger partial charge is 0.257 e. The fourth-order valence-corrected chi connectivity index (χ4v) is 4.19. The summed E-state index contributed by atoms with van der Waals surface area (Å²) in [5.41, 5.74) is 4.75. The molecule has 7 nitrogen and oxygen atoms in total. The maximum absolute atomic E-state index is 12.9. The predicted octanol–water partition coefficient (Wildman–Crippen LogP) is 3.15. The number of fused-ring (bicyclic) bond motifs is 1. The van der Waals surface area contributed by atoms with Crippen LogP contribution in [0.25, 0.3) is 11.4 Å². The average Bonchev–Trinajstić information content (AvgIpc) is 3.30. The summed E-state index contributed by atoms with van der Waals surface area (Å²) >= 11 is 0. The molecule has 2 aromatic heterocycles. The van der Waals surface area contributed by atoms with Crippen LogP contribution >= 0.6 is 0 Å². The third kappa shape index (κ3) is 3.98. The first-order valence-electron chi connectivity index (χ1n) is 10.5. The lowest BCUT2D eigenvalue weighted by molar-refractivity contribution is -0.139. The zero-order valence-corrected chi connectivity index (χ0v) is 16.8. The van der Waals surface area contributed by atoms with E-state index < -0.39 is 6.10 Å². The molecule has 3 heterocycles. The molecule has 0 spiro atoms. The molecule has 1 aliphatic carbocycles. The van der Waals surface area contributed by atoms with Crippen LogP contribution in [0.1, 0.15) is 41.5 Å². The Morgan fingerprint density at radius 3 is 2.80 bits per heavy atom. The normalized spacial score (nSPS) is 18.8. The lowest BCUT2D eigenvalue weighted by Gasteiger charge is -2.31. The Hall–Kier alpha value is -3.06. The van der Waals surface area contributed by atoms with Crippen LogP contribution in [0.3, 0.4) is 0 Å². The number of pyridine rings is 1. The molecule has 0 saturated carbocycles. The number of hydrogen-bond acceptors (Lipinski definition) is 6. The summed E-state index contributed by atoms with van der Waals surface area (Å²) < 4.78 is 11.2. The first-order chi connectivity index (χ1) is 14.8. The molecular weight excluding hydrogens is 380 g/mol. The third-order valence-corrected chi connectivity index (χ3v) is 5.84. The monoisotopic (exact) mass is 404 g/mol. The van der Waals surface area contributed by atoms with Gasteiger partial charge in [0.15, 0.2) is 6.10 Å². The van der Waals surface area contributed by atoms with Crippen molar-refractivity contribution in [2.24, 2.45) is 0 Å². The molecule has 1 atom stereocenters. The number of nitrogens with zero attached hydrogens (tertiary/aromatic N) is 4. The lowest BCUT2D eigenvalue weighted by Crippen LogP contribution is -2.43. The van der Waals surface area contributed by atoms with E-state index in [1.807, 2.05) is 17.0 Å². The van der Waals surface area contributed by atoms with Crippen molar-refractivity contribution in [1.29, 1.82) is 0 Å². The number of ether oxygens (including phenoxy) is 1. The van der Waals surface area contributed by atoms with E-state index in [0.717, 1.165) is 24.0 Å². The summed E-state index contributed by atoms with van der Waals surface area (Å²) in [6.07, 6.45) is 8.14. The molecule has 1 amide bonds. The first kappa shape index (κ1) is 18.9. The summed E-state index contributed by atoms with van der Waals surface area (Å²) in [6, 6.07) is 10.1. The summed E-state index contributed by atoms with van der Waals surface area (Å²) in [5.74, 6) is 0.995. The Morgan fingerprint density at radius 2 is 1.93 bits per heavy atom. The number of aromatic nitrogens is 3. The number of carbonyl (C=O) groups is 1. The van der Waals surface area contributed by atoms with E-state index in [1.54, 1.807) is 12.4 Å². The molecule has 0 radical (unpaired) electrons. The molecule has 1 aliphatic heterocycles. The van der Waals surface area contributed by atoms with Crippen LogP contribution in [0, 0.1) is 0 Å². The Balaban J connectivity index is 1.25. The summed E-state index contributed by atoms with van der Waals surface area (Å²) in [4.78, 5) is 23.2. The Labute approximate surface area is 175 Å². The molecule has 154 valence electrons. The van der Waals surface area contributed by atoms with Gasteiger partial charge in [-0.15, -0.1) is 0 Å². The van der Waals surface area contributed by atoms with Crippen LogP contribution in [0.4, 0.5) is 0 Å². The second-order valence-corrected chi connectivity index (χ2v) is 7.88. The SMILES string of the molecule is O=C(Cc1ccc2c(c1)CCCC2)N1CCO[C@@H](c2nc(-c3ccncc3)no2)C1. The maximum atomic E-state index is 12.9. The van der Waals surface area contributed by atoms with Gasteiger partial charge >= 0.3 is 0 Å². The molecule has 1 saturated heterocycles. The maximum Gasteiger partial charge on any atom is 0.257 e. The summed E-state index contributed by atoms with van der Waals surface area (Å²) in [6.45, 7) is 1.45. The number of rotatable bonds is 4. The zero-order chi connectivity index (χ0) is 20.3. The van der Waals surface area contributed by atoms with Crippen LogP contribution in [-0.4, -0.2) is 45.6 Å². The van der Waals surface area contributed by atoms with E-state index in [1.165, 1.54) is 24.0 Å². The van der Waals surface area contributed by atoms with E-state index in [-0.39, 0.29) is 5.91 Å². The van der Waals surface area contributed by atoms with Gasteiger partial charge in [0.2, 0.25) is 11.7 Å². The zero-order valence-electron chi connectivity index (χ0n) is 16.8. The lowest BCUT2D eigenvalue weighted by atomic mass is 9.90. The van der Waals surface area contributed by atoms with Gasteiger partial charge in [0.05, 0.1) is 19.6 Å². The highest BCUT2D eigenvalue weighted by molar-refractivity contribution is 5.79. The highest BCUT2D eigenvalue weighted by atomic mass is 16.5. The van der Waals surface area contributed by atoms with Crippen LogP contribution < -0.4 is 0 Å². The average molecular weight is 404 g/mol. The van der Waals surface area contributed by atoms with Gasteiger partial charge < -0.3 is 14.2 Å². The molecule has 3 aromatic rings. The number of amides is 1. The van der Waals surface area contributed by atoms with Gasteiger partial charge in [0, 0.05) is 24.5 Å². The minimum absolute atomic E-state index is 0.105. The standard InChI is InChI=1S/C23H24N4O3/c28-21(14-16-5-6-17-3-1-2-4-19(17)13-16)27-11-12-29-20(15-27)23-25-22(26-30-23)18-7-9-24-10-8-18/h5-10,13,20H,1-4,11-12,14-15H2/t20-/m1/s1. The molecule has 5 rings (SSSR count). The van der Waals surface area contributed by atoms with E-state index in [9.17, 15) is 4.79 Å². The van der Waals surface area contributed by atoms with Gasteiger partial charge in [-0.05, 0) is 54.5 Å². The van der Waals surface area contributed by atoms with Gasteiger partial charge in [-0.1, -0.05) is 23.4 Å². The number of carbonyl (C=O) groups excluding carboxylic acids is 1. The van der Waals surface area contributed by atoms with Gasteiger partial charge in [-0.3, -0.25) is 9.78 Å². The van der Waals surface area contributed by atoms with Crippen molar-refractivity contribution in [2.75, 3.05) is 19.7 Å². The molecular formula is C23H24N4O3. The van der Waals surface area contributed by atoms with E-state index in [4.69, 9.17) is 9.26 Å². The van der Waals surface area contributed by atoms with Gasteiger partial charge in [-0.25, -0.2) is 0 Å². The second kappa shape index (κ2) is 8.36. The highest BCUT2D eigenvalue weighted by Gasteiger charge is 2.29. The van der Waals surface area contributed by atoms with E-state index >= 15 is 0 Å². The summed E-state index contributed by atoms with van der Waals surface area (Å²) in [7, 11) is 0. The fraction of sp³-hybridized carbons (Fsp3) is 0.391. The molecule has 1 fully saturated rings. The van der Waals surface area contributed by atoms with E-state index in [0.29, 0.717) is 37.8 Å². The predicted molar refractivity (Wildman–Crippen MR) is 110 cm³/mol. The molecule has 0 N–H and O–H groups in total. The minimum atomic E-state index is -0.408. The van der Waals surface area contributed by atoms with E-state index in [2.05, 4.69) is 33.3 Å². The van der Waals surface area contributed by atoms with Crippen molar-refractivity contribution in [3.8, 4) is 11.4 Å². The van der Waals surface area contributed by atoms with Gasteiger partial charge in [0.25, 0.3) is 5.89 Å². The van der Waals surface area contributed by atoms with Crippen LogP contribution in [-0.2, 0) is 28.8 Å². The van der Waals surface area contributed by atoms with Crippen molar-refractivity contribution >= 4 is 5.91 Å². The molecule has 7 heteroatoms. The quantitative estimate of drug-likeness (QED) is 0.664. The Morgan fingerprint density at radius 1 is 1.10 bits per heavy atom. The molecule has 2 aliphatic rings. The molecule has 0 bridgehead atoms. The van der Waals surface area contributed by atoms with Crippen molar-refractivity contribution < 1.29 is 14.1 Å². The molecule has 1 aromatic carbocycles. The second-order valence-electron chi connectivity index (χ2n) is 7.88. The number of morpholine rings is 1. The van der Waals surface area contributed by atoms with Gasteiger partial charge in [0.1, 0.15) is 0 Å². The highest BCUT2D eigenvalue weighted by Crippen LogP contribution is 2.25. The fourth-order valence-electron chi connectivity index (χ4n) is 4.19. The number of aryl methyl sites for hydroxylation is 2. The third-order valence-electron chi connectivity index (χ3n) is 5.84. The Kier molecular flexibility index (Phi) is 5.27. The molecule has 30 heavy (non-hydrogen) atoms. The first-order valence-corrected chi connectivity index (χ1v) is 10.5. The Bertz CT molecular complexity index is 1030. The number of benzene rings is 1. The van der Waals surface area contributed by atoms with Gasteiger partial charge in [-0.2, -0.15) is 4.98 Å². The number of hydrogen-bond donors (Lipinski definition) is 0. The van der Waals surface area contributed by atoms with Crippen LogP contribution in [0.2, 0.25) is 0 Å². The van der Waals surface area contributed by atoms with Crippen LogP contribution in [0.15, 0.2) is 47.2 Å².